The number of nitrogen functional groups attached to an aromatic ring is 1. The number of nitrogens with zero attached hydrogens (tertiary/aromatic N) is 4. The van der Waals surface area contributed by atoms with Crippen molar-refractivity contribution in [3.8, 4) is 11.4 Å². The van der Waals surface area contributed by atoms with Crippen LogP contribution in [0, 0.1) is 0 Å². The molecule has 0 aliphatic carbocycles. The smallest absolute Gasteiger partial charge is 0.237 e. The number of benzene rings is 3. The van der Waals surface area contributed by atoms with Crippen LogP contribution in [-0.4, -0.2) is 33.1 Å². The largest absolute Gasteiger partial charge is 0.335 e. The molecule has 9 heteroatoms. The lowest BCUT2D eigenvalue weighted by Gasteiger charge is -2.22. The van der Waals surface area contributed by atoms with E-state index in [-0.39, 0.29) is 11.7 Å². The highest BCUT2D eigenvalue weighted by Crippen LogP contribution is 2.31. The van der Waals surface area contributed by atoms with Crippen LogP contribution >= 0.6 is 35.0 Å². The lowest BCUT2D eigenvalue weighted by molar-refractivity contribution is -0.116. The van der Waals surface area contributed by atoms with Gasteiger partial charge in [-0.05, 0) is 36.6 Å². The quantitative estimate of drug-likeness (QED) is 0.306. The van der Waals surface area contributed by atoms with Crippen molar-refractivity contribution in [3.63, 3.8) is 0 Å². The predicted octanol–water partition coefficient (Wildman–Crippen LogP) is 5.26. The van der Waals surface area contributed by atoms with Gasteiger partial charge in [0.15, 0.2) is 5.82 Å². The van der Waals surface area contributed by atoms with E-state index in [9.17, 15) is 4.79 Å². The van der Waals surface area contributed by atoms with Crippen LogP contribution < -0.4 is 10.7 Å². The molecule has 0 aliphatic rings. The summed E-state index contributed by atoms with van der Waals surface area (Å²) in [5, 5.41) is 11.8. The maximum Gasteiger partial charge on any atom is 0.237 e. The fraction of sp³-hybridized carbons (Fsp3) is 0.136. The average molecular weight is 472 g/mol. The van der Waals surface area contributed by atoms with Crippen molar-refractivity contribution in [2.45, 2.75) is 12.1 Å². The number of halogens is 2. The molecule has 0 bridgehead atoms. The Kier molecular flexibility index (Phi) is 6.36. The van der Waals surface area contributed by atoms with E-state index < -0.39 is 0 Å². The highest BCUT2D eigenvalue weighted by Gasteiger charge is 2.20. The molecule has 0 radical (unpaired) electrons. The molecule has 2 N–H and O–H groups in total. The van der Waals surface area contributed by atoms with Gasteiger partial charge in [0, 0.05) is 22.5 Å². The van der Waals surface area contributed by atoms with Crippen LogP contribution in [0.1, 0.15) is 6.92 Å². The Hall–Kier alpha value is -2.74. The number of carbonyl (C=O) groups is 1. The number of nitrogens with two attached hydrogens (primary N) is 1. The number of rotatable bonds is 6. The molecule has 0 unspecified atom stereocenters. The van der Waals surface area contributed by atoms with E-state index in [4.69, 9.17) is 29.0 Å². The molecule has 0 saturated carbocycles. The highest BCUT2D eigenvalue weighted by atomic mass is 35.5. The minimum absolute atomic E-state index is 0.0470. The molecular formula is C22H19Cl2N5OS. The molecule has 3 aromatic carbocycles. The maximum absolute atomic E-state index is 13.0. The van der Waals surface area contributed by atoms with Gasteiger partial charge in [-0.3, -0.25) is 4.79 Å². The summed E-state index contributed by atoms with van der Waals surface area (Å²) in [4.78, 5) is 14.8. The highest BCUT2D eigenvalue weighted by molar-refractivity contribution is 7.99. The Morgan fingerprint density at radius 1 is 1.10 bits per heavy atom. The fourth-order valence-electron chi connectivity index (χ4n) is 3.36. The van der Waals surface area contributed by atoms with Gasteiger partial charge >= 0.3 is 0 Å². The third kappa shape index (κ3) is 4.35. The van der Waals surface area contributed by atoms with Gasteiger partial charge in [0.2, 0.25) is 11.1 Å². The SMILES string of the molecule is CCN(C(=O)CSc1nnc(-c2cc(Cl)ccc2Cl)n1N)c1cccc2ccccc12. The number of aromatic nitrogens is 3. The summed E-state index contributed by atoms with van der Waals surface area (Å²) in [6.45, 7) is 2.50. The molecular weight excluding hydrogens is 453 g/mol. The summed E-state index contributed by atoms with van der Waals surface area (Å²) in [7, 11) is 0. The van der Waals surface area contributed by atoms with Crippen LogP contribution in [0.4, 0.5) is 5.69 Å². The topological polar surface area (TPSA) is 77.0 Å². The second kappa shape index (κ2) is 9.18. The fourth-order valence-corrected chi connectivity index (χ4v) is 4.46. The molecule has 1 amide bonds. The number of anilines is 1. The van der Waals surface area contributed by atoms with Crippen LogP contribution in [-0.2, 0) is 4.79 Å². The molecule has 158 valence electrons. The molecule has 0 aliphatic heterocycles. The lowest BCUT2D eigenvalue weighted by Crippen LogP contribution is -2.32. The summed E-state index contributed by atoms with van der Waals surface area (Å²) in [6.07, 6.45) is 0. The van der Waals surface area contributed by atoms with Gasteiger partial charge in [-0.25, -0.2) is 4.68 Å². The average Bonchev–Trinajstić information content (AvgIpc) is 3.14. The van der Waals surface area contributed by atoms with Gasteiger partial charge < -0.3 is 10.7 Å². The Morgan fingerprint density at radius 2 is 1.87 bits per heavy atom. The Balaban J connectivity index is 1.54. The standard InChI is InChI=1S/C22H19Cl2N5OS/c1-2-28(19-9-5-7-14-6-3-4-8-16(14)19)20(30)13-31-22-27-26-21(29(22)25)17-12-15(23)10-11-18(17)24/h3-12H,2,13,25H2,1H3. The Bertz CT molecular complexity index is 1250. The van der Waals surface area contributed by atoms with Crippen LogP contribution in [0.3, 0.4) is 0 Å². The monoisotopic (exact) mass is 471 g/mol. The molecule has 1 heterocycles. The Labute approximate surface area is 193 Å². The summed E-state index contributed by atoms with van der Waals surface area (Å²) < 4.78 is 1.32. The van der Waals surface area contributed by atoms with Crippen molar-refractivity contribution >= 4 is 57.3 Å². The van der Waals surface area contributed by atoms with Crippen LogP contribution in [0.25, 0.3) is 22.2 Å². The number of hydrogen-bond acceptors (Lipinski definition) is 5. The third-order valence-corrected chi connectivity index (χ3v) is 6.33. The summed E-state index contributed by atoms with van der Waals surface area (Å²) in [5.41, 5.74) is 1.46. The van der Waals surface area contributed by atoms with E-state index in [1.807, 2.05) is 49.4 Å². The second-order valence-corrected chi connectivity index (χ2v) is 8.51. The molecule has 0 atom stereocenters. The first-order chi connectivity index (χ1) is 15.0. The van der Waals surface area contributed by atoms with E-state index >= 15 is 0 Å². The minimum atomic E-state index is -0.0470. The first kappa shape index (κ1) is 21.5. The maximum atomic E-state index is 13.0. The van der Waals surface area contributed by atoms with Gasteiger partial charge in [0.1, 0.15) is 0 Å². The molecule has 0 spiro atoms. The normalized spacial score (nSPS) is 11.1. The van der Waals surface area contributed by atoms with Crippen molar-refractivity contribution < 1.29 is 4.79 Å². The molecule has 6 nitrogen and oxygen atoms in total. The van der Waals surface area contributed by atoms with Crippen molar-refractivity contribution in [2.75, 3.05) is 23.0 Å². The first-order valence-corrected chi connectivity index (χ1v) is 11.3. The molecule has 4 aromatic rings. The number of amides is 1. The number of hydrogen-bond donors (Lipinski definition) is 1. The molecule has 1 aromatic heterocycles. The number of thioether (sulfide) groups is 1. The van der Waals surface area contributed by atoms with Gasteiger partial charge in [-0.1, -0.05) is 71.4 Å². The van der Waals surface area contributed by atoms with Gasteiger partial charge in [0.25, 0.3) is 0 Å². The summed E-state index contributed by atoms with van der Waals surface area (Å²) in [6, 6.07) is 19.0. The summed E-state index contributed by atoms with van der Waals surface area (Å²) >= 11 is 13.5. The zero-order valence-electron chi connectivity index (χ0n) is 16.6. The summed E-state index contributed by atoms with van der Waals surface area (Å²) in [5.74, 6) is 6.67. The van der Waals surface area contributed by atoms with Crippen LogP contribution in [0.15, 0.2) is 65.8 Å². The first-order valence-electron chi connectivity index (χ1n) is 9.56. The zero-order chi connectivity index (χ0) is 22.0. The van der Waals surface area contributed by atoms with E-state index in [1.54, 1.807) is 23.1 Å². The predicted molar refractivity (Wildman–Crippen MR) is 128 cm³/mol. The van der Waals surface area contributed by atoms with E-state index in [1.165, 1.54) is 16.4 Å². The number of carbonyl (C=O) groups excluding carboxylic acids is 1. The number of fused-ring (bicyclic) bond motifs is 1. The van der Waals surface area contributed by atoms with E-state index in [2.05, 4.69) is 10.2 Å². The molecule has 0 saturated heterocycles. The van der Waals surface area contributed by atoms with Crippen LogP contribution in [0.2, 0.25) is 10.0 Å². The molecule has 31 heavy (non-hydrogen) atoms. The van der Waals surface area contributed by atoms with Crippen molar-refractivity contribution in [3.05, 3.63) is 70.7 Å². The lowest BCUT2D eigenvalue weighted by atomic mass is 10.1. The minimum Gasteiger partial charge on any atom is -0.335 e. The van der Waals surface area contributed by atoms with Crippen LogP contribution in [0.5, 0.6) is 0 Å². The zero-order valence-corrected chi connectivity index (χ0v) is 19.0. The van der Waals surface area contributed by atoms with Crippen molar-refractivity contribution in [2.24, 2.45) is 0 Å². The van der Waals surface area contributed by atoms with Gasteiger partial charge in [-0.15, -0.1) is 10.2 Å². The Morgan fingerprint density at radius 3 is 2.68 bits per heavy atom. The second-order valence-electron chi connectivity index (χ2n) is 6.73. The van der Waals surface area contributed by atoms with Crippen molar-refractivity contribution in [1.82, 2.24) is 14.9 Å². The van der Waals surface area contributed by atoms with Crippen molar-refractivity contribution in [1.29, 1.82) is 0 Å². The van der Waals surface area contributed by atoms with E-state index in [0.29, 0.717) is 33.1 Å². The van der Waals surface area contributed by atoms with Gasteiger partial charge in [-0.2, -0.15) is 0 Å². The third-order valence-electron chi connectivity index (χ3n) is 4.83. The molecule has 0 fully saturated rings. The van der Waals surface area contributed by atoms with Gasteiger partial charge in [0.05, 0.1) is 16.5 Å². The molecule has 4 rings (SSSR count). The van der Waals surface area contributed by atoms with E-state index in [0.717, 1.165) is 16.5 Å².